The van der Waals surface area contributed by atoms with Gasteiger partial charge in [0.05, 0.1) is 0 Å². The topological polar surface area (TPSA) is 79.5 Å². The van der Waals surface area contributed by atoms with E-state index in [1.165, 1.54) is 12.1 Å². The molecule has 3 aromatic rings. The zero-order chi connectivity index (χ0) is 18.0. The van der Waals surface area contributed by atoms with Gasteiger partial charge in [-0.1, -0.05) is 24.3 Å². The Morgan fingerprint density at radius 1 is 1.04 bits per heavy atom. The number of benzene rings is 2. The van der Waals surface area contributed by atoms with Crippen molar-refractivity contribution in [2.24, 2.45) is 0 Å². The van der Waals surface area contributed by atoms with Crippen LogP contribution in [0.1, 0.15) is 11.1 Å². The number of aliphatic carboxylic acids is 1. The number of ketones is 1. The molecule has 126 valence electrons. The Balaban J connectivity index is 1.98. The van der Waals surface area contributed by atoms with Crippen LogP contribution < -0.4 is 0 Å². The van der Waals surface area contributed by atoms with Gasteiger partial charge in [-0.3, -0.25) is 4.79 Å². The molecule has 6 heteroatoms. The van der Waals surface area contributed by atoms with Gasteiger partial charge in [-0.05, 0) is 29.8 Å². The molecule has 0 fully saturated rings. The summed E-state index contributed by atoms with van der Waals surface area (Å²) >= 11 is 0. The number of halogens is 1. The third-order valence-corrected chi connectivity index (χ3v) is 3.83. The van der Waals surface area contributed by atoms with E-state index < -0.39 is 17.5 Å². The van der Waals surface area contributed by atoms with Crippen LogP contribution in [0.5, 0.6) is 0 Å². The summed E-state index contributed by atoms with van der Waals surface area (Å²) in [6.45, 7) is 0.506. The Bertz CT molecular complexity index is 986. The number of aliphatic hydroxyl groups excluding tert-OH is 1. The first-order valence-corrected chi connectivity index (χ1v) is 7.46. The predicted molar refractivity (Wildman–Crippen MR) is 90.7 cm³/mol. The summed E-state index contributed by atoms with van der Waals surface area (Å²) in [6, 6.07) is 13.1. The van der Waals surface area contributed by atoms with Crippen LogP contribution >= 0.6 is 0 Å². The second-order valence-electron chi connectivity index (χ2n) is 5.51. The highest BCUT2D eigenvalue weighted by molar-refractivity contribution is 6.38. The molecule has 1 aromatic heterocycles. The molecule has 5 nitrogen and oxygen atoms in total. The number of nitrogens with zero attached hydrogens (tertiary/aromatic N) is 1. The second-order valence-corrected chi connectivity index (χ2v) is 5.51. The number of carbonyl (C=O) groups excluding carboxylic acids is 1. The summed E-state index contributed by atoms with van der Waals surface area (Å²) in [7, 11) is 0. The first kappa shape index (κ1) is 16.4. The van der Waals surface area contributed by atoms with E-state index in [4.69, 9.17) is 5.11 Å². The first-order chi connectivity index (χ1) is 12.0. The van der Waals surface area contributed by atoms with Crippen LogP contribution in [0.2, 0.25) is 0 Å². The number of carbonyl (C=O) groups is 2. The van der Waals surface area contributed by atoms with E-state index in [0.717, 1.165) is 11.1 Å². The first-order valence-electron chi connectivity index (χ1n) is 7.46. The van der Waals surface area contributed by atoms with Crippen molar-refractivity contribution in [3.8, 4) is 0 Å². The fraction of sp³-hybridized carbons (Fsp3) is 0.0526. The molecule has 0 aliphatic rings. The summed E-state index contributed by atoms with van der Waals surface area (Å²) in [6.07, 6.45) is 2.50. The van der Waals surface area contributed by atoms with Gasteiger partial charge in [0.1, 0.15) is 11.6 Å². The number of hydrogen-bond donors (Lipinski definition) is 2. The maximum atomic E-state index is 13.0. The SMILES string of the molecule is O=C(O)C(=O)C=C(O)c1cccc2c1ccn2Cc1ccc(F)cc1. The normalized spacial score (nSPS) is 11.6. The summed E-state index contributed by atoms with van der Waals surface area (Å²) in [5.41, 5.74) is 2.07. The van der Waals surface area contributed by atoms with E-state index in [2.05, 4.69) is 0 Å². The van der Waals surface area contributed by atoms with Gasteiger partial charge in [0, 0.05) is 35.3 Å². The van der Waals surface area contributed by atoms with Gasteiger partial charge in [-0.15, -0.1) is 0 Å². The van der Waals surface area contributed by atoms with Gasteiger partial charge >= 0.3 is 5.97 Å². The Morgan fingerprint density at radius 2 is 1.76 bits per heavy atom. The van der Waals surface area contributed by atoms with Crippen LogP contribution in [0.15, 0.2) is 60.8 Å². The molecule has 2 N–H and O–H groups in total. The number of fused-ring (bicyclic) bond motifs is 1. The summed E-state index contributed by atoms with van der Waals surface area (Å²) in [4.78, 5) is 21.9. The third kappa shape index (κ3) is 3.42. The highest BCUT2D eigenvalue weighted by Crippen LogP contribution is 2.25. The van der Waals surface area contributed by atoms with Crippen molar-refractivity contribution in [2.75, 3.05) is 0 Å². The number of aliphatic hydroxyl groups is 1. The lowest BCUT2D eigenvalue weighted by molar-refractivity contribution is -0.146. The van der Waals surface area contributed by atoms with Gasteiger partial charge in [-0.25, -0.2) is 9.18 Å². The molecule has 0 amide bonds. The minimum atomic E-state index is -1.63. The van der Waals surface area contributed by atoms with Crippen LogP contribution in [0.4, 0.5) is 4.39 Å². The maximum absolute atomic E-state index is 13.0. The molecule has 1 heterocycles. The van der Waals surface area contributed by atoms with Gasteiger partial charge < -0.3 is 14.8 Å². The Labute approximate surface area is 142 Å². The average molecular weight is 339 g/mol. The zero-order valence-electron chi connectivity index (χ0n) is 13.0. The lowest BCUT2D eigenvalue weighted by atomic mass is 10.1. The molecule has 0 radical (unpaired) electrons. The van der Waals surface area contributed by atoms with E-state index in [1.807, 2.05) is 16.8 Å². The van der Waals surface area contributed by atoms with Gasteiger partial charge in [0.25, 0.3) is 5.78 Å². The minimum absolute atomic E-state index is 0.304. The van der Waals surface area contributed by atoms with Crippen LogP contribution in [-0.4, -0.2) is 26.5 Å². The molecule has 0 unspecified atom stereocenters. The van der Waals surface area contributed by atoms with Crippen molar-refractivity contribution in [2.45, 2.75) is 6.54 Å². The van der Waals surface area contributed by atoms with E-state index in [0.29, 0.717) is 23.6 Å². The smallest absolute Gasteiger partial charge is 0.376 e. The molecule has 0 saturated heterocycles. The molecule has 0 aliphatic heterocycles. The second kappa shape index (κ2) is 6.60. The number of carboxylic acid groups (broad SMARTS) is 1. The Kier molecular flexibility index (Phi) is 4.35. The average Bonchev–Trinajstić information content (AvgIpc) is 2.99. The lowest BCUT2D eigenvalue weighted by Gasteiger charge is -2.07. The van der Waals surface area contributed by atoms with Crippen molar-refractivity contribution in [3.05, 3.63) is 77.7 Å². The van der Waals surface area contributed by atoms with E-state index in [1.54, 1.807) is 30.3 Å². The predicted octanol–water partition coefficient (Wildman–Crippen LogP) is 3.38. The van der Waals surface area contributed by atoms with Gasteiger partial charge in [0.15, 0.2) is 0 Å². The summed E-state index contributed by atoms with van der Waals surface area (Å²) in [5, 5.41) is 19.4. The Morgan fingerprint density at radius 3 is 2.44 bits per heavy atom. The largest absolute Gasteiger partial charge is 0.507 e. The molecular weight excluding hydrogens is 325 g/mol. The summed E-state index contributed by atoms with van der Waals surface area (Å²) < 4.78 is 14.9. The number of aromatic nitrogens is 1. The molecule has 0 bridgehead atoms. The number of rotatable bonds is 5. The minimum Gasteiger partial charge on any atom is -0.507 e. The number of hydrogen-bond acceptors (Lipinski definition) is 3. The lowest BCUT2D eigenvalue weighted by Crippen LogP contribution is -2.09. The van der Waals surface area contributed by atoms with Crippen molar-refractivity contribution in [1.29, 1.82) is 0 Å². The molecule has 3 rings (SSSR count). The van der Waals surface area contributed by atoms with E-state index in [-0.39, 0.29) is 5.82 Å². The monoisotopic (exact) mass is 339 g/mol. The van der Waals surface area contributed by atoms with Crippen molar-refractivity contribution < 1.29 is 24.2 Å². The van der Waals surface area contributed by atoms with Crippen LogP contribution in [0, 0.1) is 5.82 Å². The molecule has 0 spiro atoms. The number of carboxylic acids is 1. The standard InChI is InChI=1S/C19H14FNO4/c20-13-6-4-12(5-7-13)11-21-9-8-14-15(2-1-3-16(14)21)17(22)10-18(23)19(24)25/h1-10,22H,11H2,(H,24,25). The fourth-order valence-corrected chi connectivity index (χ4v) is 2.63. The summed E-state index contributed by atoms with van der Waals surface area (Å²) in [5.74, 6) is -3.54. The van der Waals surface area contributed by atoms with E-state index in [9.17, 15) is 19.1 Å². The molecular formula is C19H14FNO4. The van der Waals surface area contributed by atoms with E-state index >= 15 is 0 Å². The fourth-order valence-electron chi connectivity index (χ4n) is 2.63. The Hall–Kier alpha value is -3.41. The maximum Gasteiger partial charge on any atom is 0.376 e. The van der Waals surface area contributed by atoms with Crippen LogP contribution in [0.3, 0.4) is 0 Å². The van der Waals surface area contributed by atoms with Crippen molar-refractivity contribution in [3.63, 3.8) is 0 Å². The molecule has 25 heavy (non-hydrogen) atoms. The third-order valence-electron chi connectivity index (χ3n) is 3.83. The molecule has 0 saturated carbocycles. The van der Waals surface area contributed by atoms with Crippen LogP contribution in [0.25, 0.3) is 16.7 Å². The van der Waals surface area contributed by atoms with Crippen molar-refractivity contribution >= 4 is 28.4 Å². The molecule has 0 aliphatic carbocycles. The molecule has 0 atom stereocenters. The highest BCUT2D eigenvalue weighted by Gasteiger charge is 2.13. The quantitative estimate of drug-likeness (QED) is 0.424. The van der Waals surface area contributed by atoms with Crippen molar-refractivity contribution in [1.82, 2.24) is 4.57 Å². The highest BCUT2D eigenvalue weighted by atomic mass is 19.1. The molecule has 2 aromatic carbocycles. The van der Waals surface area contributed by atoms with Gasteiger partial charge in [0.2, 0.25) is 0 Å². The zero-order valence-corrected chi connectivity index (χ0v) is 13.0. The van der Waals surface area contributed by atoms with Gasteiger partial charge in [-0.2, -0.15) is 0 Å². The van der Waals surface area contributed by atoms with Crippen LogP contribution in [-0.2, 0) is 16.1 Å².